The molecule has 0 saturated carbocycles. The molecule has 5 nitrogen and oxygen atoms in total. The van der Waals surface area contributed by atoms with Crippen LogP contribution in [0, 0.1) is 6.92 Å². The van der Waals surface area contributed by atoms with Crippen LogP contribution in [-0.2, 0) is 4.79 Å². The van der Waals surface area contributed by atoms with Gasteiger partial charge in [0.05, 0.1) is 12.8 Å². The van der Waals surface area contributed by atoms with Gasteiger partial charge in [0.15, 0.2) is 0 Å². The molecule has 0 bridgehead atoms. The van der Waals surface area contributed by atoms with Gasteiger partial charge < -0.3 is 9.73 Å². The van der Waals surface area contributed by atoms with Crippen LogP contribution in [0.4, 0.5) is 5.69 Å². The largest absolute Gasteiger partial charge is 0.460 e. The minimum atomic E-state index is -0.250. The zero-order valence-corrected chi connectivity index (χ0v) is 11.6. The minimum absolute atomic E-state index is 0.121. The number of hydrogen-bond donors (Lipinski definition) is 2. The summed E-state index contributed by atoms with van der Waals surface area (Å²) in [6.07, 6.45) is 1.45. The average Bonchev–Trinajstić information content (AvgIpc) is 2.84. The first-order chi connectivity index (χ1) is 9.63. The minimum Gasteiger partial charge on any atom is -0.460 e. The van der Waals surface area contributed by atoms with Gasteiger partial charge in [-0.05, 0) is 43.3 Å². The van der Waals surface area contributed by atoms with E-state index in [4.69, 9.17) is 16.0 Å². The number of amides is 1. The van der Waals surface area contributed by atoms with Gasteiger partial charge >= 0.3 is 0 Å². The van der Waals surface area contributed by atoms with Crippen LogP contribution in [0.5, 0.6) is 0 Å². The molecule has 1 heterocycles. The first-order valence-corrected chi connectivity index (χ1v) is 6.39. The van der Waals surface area contributed by atoms with Crippen molar-refractivity contribution in [3.8, 4) is 0 Å². The molecule has 0 atom stereocenters. The summed E-state index contributed by atoms with van der Waals surface area (Å²) >= 11 is 5.77. The molecule has 1 aromatic carbocycles. The summed E-state index contributed by atoms with van der Waals surface area (Å²) in [7, 11) is 0. The Balaban J connectivity index is 1.75. The number of halogens is 1. The predicted octanol–water partition coefficient (Wildman–Crippen LogP) is 2.80. The number of furan rings is 1. The molecular weight excluding hydrogens is 278 g/mol. The maximum absolute atomic E-state index is 11.5. The number of hydrazone groups is 1. The predicted molar refractivity (Wildman–Crippen MR) is 79.1 cm³/mol. The monoisotopic (exact) mass is 291 g/mol. The van der Waals surface area contributed by atoms with Gasteiger partial charge in [-0.25, -0.2) is 5.43 Å². The summed E-state index contributed by atoms with van der Waals surface area (Å²) in [4.78, 5) is 11.5. The number of carbonyl (C=O) groups is 1. The highest BCUT2D eigenvalue weighted by molar-refractivity contribution is 6.30. The Morgan fingerprint density at radius 1 is 1.30 bits per heavy atom. The van der Waals surface area contributed by atoms with Gasteiger partial charge in [0, 0.05) is 10.7 Å². The third kappa shape index (κ3) is 4.44. The molecular formula is C14H14ClN3O2. The summed E-state index contributed by atoms with van der Waals surface area (Å²) in [5.74, 6) is 1.13. The Kier molecular flexibility index (Phi) is 4.79. The highest BCUT2D eigenvalue weighted by Gasteiger charge is 2.00. The van der Waals surface area contributed by atoms with Gasteiger partial charge in [-0.15, -0.1) is 0 Å². The first-order valence-electron chi connectivity index (χ1n) is 6.01. The summed E-state index contributed by atoms with van der Waals surface area (Å²) in [5, 5.41) is 7.41. The number of carbonyl (C=O) groups excluding carboxylic acids is 1. The fraction of sp³-hybridized carbons (Fsp3) is 0.143. The molecule has 6 heteroatoms. The molecule has 104 valence electrons. The van der Waals surface area contributed by atoms with Gasteiger partial charge in [-0.2, -0.15) is 5.10 Å². The lowest BCUT2D eigenvalue weighted by Gasteiger charge is -2.04. The maximum atomic E-state index is 11.5. The van der Waals surface area contributed by atoms with Gasteiger partial charge in [-0.1, -0.05) is 11.6 Å². The Labute approximate surface area is 121 Å². The lowest BCUT2D eigenvalue weighted by molar-refractivity contribution is -0.119. The summed E-state index contributed by atoms with van der Waals surface area (Å²) in [5.41, 5.74) is 3.22. The van der Waals surface area contributed by atoms with E-state index in [1.54, 1.807) is 30.3 Å². The van der Waals surface area contributed by atoms with Crippen molar-refractivity contribution in [2.24, 2.45) is 5.10 Å². The van der Waals surface area contributed by atoms with Crippen LogP contribution in [0.15, 0.2) is 45.9 Å². The number of aryl methyl sites for hydroxylation is 1. The number of nitrogens with one attached hydrogen (secondary N) is 2. The Hall–Kier alpha value is -2.27. The second-order valence-electron chi connectivity index (χ2n) is 4.10. The van der Waals surface area contributed by atoms with E-state index in [0.29, 0.717) is 10.8 Å². The second kappa shape index (κ2) is 6.77. The van der Waals surface area contributed by atoms with Crippen LogP contribution < -0.4 is 10.7 Å². The van der Waals surface area contributed by atoms with Gasteiger partial charge in [0.25, 0.3) is 5.91 Å². The van der Waals surface area contributed by atoms with E-state index in [-0.39, 0.29) is 12.5 Å². The molecule has 2 aromatic rings. The number of benzene rings is 1. The lowest BCUT2D eigenvalue weighted by atomic mass is 10.3. The summed E-state index contributed by atoms with van der Waals surface area (Å²) in [6.45, 7) is 1.96. The van der Waals surface area contributed by atoms with E-state index in [1.165, 1.54) is 6.21 Å². The molecule has 0 unspecified atom stereocenters. The van der Waals surface area contributed by atoms with Gasteiger partial charge in [0.1, 0.15) is 11.5 Å². The smallest absolute Gasteiger partial charge is 0.259 e. The third-order valence-corrected chi connectivity index (χ3v) is 2.69. The lowest BCUT2D eigenvalue weighted by Crippen LogP contribution is -2.25. The fourth-order valence-corrected chi connectivity index (χ4v) is 1.61. The van der Waals surface area contributed by atoms with E-state index in [2.05, 4.69) is 15.8 Å². The molecule has 0 saturated heterocycles. The van der Waals surface area contributed by atoms with Crippen LogP contribution in [0.2, 0.25) is 5.02 Å². The van der Waals surface area contributed by atoms with E-state index in [1.807, 2.05) is 13.0 Å². The third-order valence-electron chi connectivity index (χ3n) is 2.44. The van der Waals surface area contributed by atoms with Crippen molar-refractivity contribution >= 4 is 29.4 Å². The van der Waals surface area contributed by atoms with Crippen molar-refractivity contribution in [3.05, 3.63) is 52.9 Å². The van der Waals surface area contributed by atoms with Gasteiger partial charge in [0.2, 0.25) is 0 Å². The summed E-state index contributed by atoms with van der Waals surface area (Å²) in [6, 6.07) is 10.7. The molecule has 0 fully saturated rings. The molecule has 1 aromatic heterocycles. The van der Waals surface area contributed by atoms with E-state index >= 15 is 0 Å². The number of rotatable bonds is 5. The van der Waals surface area contributed by atoms with Crippen molar-refractivity contribution in [2.75, 3.05) is 11.9 Å². The molecule has 0 aliphatic heterocycles. The van der Waals surface area contributed by atoms with E-state index in [9.17, 15) is 4.79 Å². The van der Waals surface area contributed by atoms with Crippen LogP contribution in [0.1, 0.15) is 11.5 Å². The number of nitrogens with zero attached hydrogens (tertiary/aromatic N) is 1. The maximum Gasteiger partial charge on any atom is 0.259 e. The van der Waals surface area contributed by atoms with Crippen molar-refractivity contribution in [1.29, 1.82) is 0 Å². The quantitative estimate of drug-likeness (QED) is 0.657. The van der Waals surface area contributed by atoms with Crippen LogP contribution in [0.3, 0.4) is 0 Å². The number of anilines is 1. The molecule has 2 N–H and O–H groups in total. The summed E-state index contributed by atoms with van der Waals surface area (Å²) < 4.78 is 5.28. The topological polar surface area (TPSA) is 66.6 Å². The zero-order chi connectivity index (χ0) is 14.4. The zero-order valence-electron chi connectivity index (χ0n) is 10.9. The van der Waals surface area contributed by atoms with Crippen LogP contribution in [0.25, 0.3) is 0 Å². The SMILES string of the molecule is Cc1ccc(/C=N\NC(=O)CNc2ccc(Cl)cc2)o1. The standard InChI is InChI=1S/C14H14ClN3O2/c1-10-2-7-13(20-10)8-17-18-14(19)9-16-12-5-3-11(15)4-6-12/h2-8,16H,9H2,1H3,(H,18,19)/b17-8-. The van der Waals surface area contributed by atoms with E-state index in [0.717, 1.165) is 11.4 Å². The first kappa shape index (κ1) is 14.1. The highest BCUT2D eigenvalue weighted by Crippen LogP contribution is 2.12. The molecule has 1 amide bonds. The normalized spacial score (nSPS) is 10.7. The van der Waals surface area contributed by atoms with Crippen LogP contribution >= 0.6 is 11.6 Å². The molecule has 0 spiro atoms. The molecule has 2 rings (SSSR count). The molecule has 0 aliphatic carbocycles. The van der Waals surface area contributed by atoms with Crippen molar-refractivity contribution in [1.82, 2.24) is 5.43 Å². The van der Waals surface area contributed by atoms with Crippen LogP contribution in [-0.4, -0.2) is 18.7 Å². The second-order valence-corrected chi connectivity index (χ2v) is 4.54. The molecule has 20 heavy (non-hydrogen) atoms. The fourth-order valence-electron chi connectivity index (χ4n) is 1.48. The Morgan fingerprint density at radius 3 is 2.70 bits per heavy atom. The Morgan fingerprint density at radius 2 is 2.05 bits per heavy atom. The molecule has 0 radical (unpaired) electrons. The van der Waals surface area contributed by atoms with Gasteiger partial charge in [-0.3, -0.25) is 4.79 Å². The Bertz CT molecular complexity index is 605. The van der Waals surface area contributed by atoms with Crippen molar-refractivity contribution in [3.63, 3.8) is 0 Å². The highest BCUT2D eigenvalue weighted by atomic mass is 35.5. The van der Waals surface area contributed by atoms with E-state index < -0.39 is 0 Å². The number of hydrogen-bond acceptors (Lipinski definition) is 4. The van der Waals surface area contributed by atoms with Crippen molar-refractivity contribution < 1.29 is 9.21 Å². The average molecular weight is 292 g/mol. The molecule has 0 aliphatic rings. The van der Waals surface area contributed by atoms with Crippen molar-refractivity contribution in [2.45, 2.75) is 6.92 Å².